The van der Waals surface area contributed by atoms with Crippen molar-refractivity contribution in [1.29, 1.82) is 0 Å². The topological polar surface area (TPSA) is 64.4 Å². The number of hydrogen-bond acceptors (Lipinski definition) is 1. The molecule has 0 bridgehead atoms. The molecule has 0 aromatic heterocycles. The van der Waals surface area contributed by atoms with Crippen molar-refractivity contribution in [3.05, 3.63) is 34.9 Å². The Morgan fingerprint density at radius 2 is 1.77 bits per heavy atom. The van der Waals surface area contributed by atoms with Gasteiger partial charge < -0.3 is 11.5 Å². The first-order chi connectivity index (χ1) is 5.68. The summed E-state index contributed by atoms with van der Waals surface area (Å²) in [5, 5.41) is 0.712. The van der Waals surface area contributed by atoms with E-state index in [1.54, 1.807) is 12.1 Å². The lowest BCUT2D eigenvalue weighted by atomic mass is 10.2. The summed E-state index contributed by atoms with van der Waals surface area (Å²) in [6, 6.07) is 7.38. The summed E-state index contributed by atoms with van der Waals surface area (Å²) in [4.78, 5) is 3.85. The van der Waals surface area contributed by atoms with Gasteiger partial charge >= 0.3 is 0 Å². The Hall–Kier alpha value is -0.930. The smallest absolute Gasteiger partial charge is 0.186 e. The van der Waals surface area contributed by atoms with E-state index in [4.69, 9.17) is 23.1 Å². The lowest BCUT2D eigenvalue weighted by molar-refractivity contribution is 1.05. The quantitative estimate of drug-likeness (QED) is 0.586. The second kappa shape index (κ2) is 5.67. The molecule has 0 saturated heterocycles. The van der Waals surface area contributed by atoms with Crippen LogP contribution in [0.1, 0.15) is 5.56 Å². The lowest BCUT2D eigenvalue weighted by Crippen LogP contribution is -2.22. The van der Waals surface area contributed by atoms with Crippen LogP contribution in [-0.4, -0.2) is 5.96 Å². The summed E-state index contributed by atoms with van der Waals surface area (Å²) in [5.74, 6) is 0.102. The van der Waals surface area contributed by atoms with E-state index in [9.17, 15) is 0 Å². The van der Waals surface area contributed by atoms with Gasteiger partial charge in [0.1, 0.15) is 0 Å². The van der Waals surface area contributed by atoms with Crippen LogP contribution in [0.2, 0.25) is 5.02 Å². The highest BCUT2D eigenvalue weighted by molar-refractivity contribution is 6.30. The molecule has 0 spiro atoms. The highest BCUT2D eigenvalue weighted by Crippen LogP contribution is 2.09. The number of rotatable bonds is 2. The lowest BCUT2D eigenvalue weighted by Gasteiger charge is -1.96. The van der Waals surface area contributed by atoms with Gasteiger partial charge in [-0.1, -0.05) is 23.7 Å². The molecule has 0 amide bonds. The van der Waals surface area contributed by atoms with Crippen LogP contribution >= 0.6 is 24.0 Å². The molecule has 1 aromatic rings. The van der Waals surface area contributed by atoms with Crippen LogP contribution in [0.3, 0.4) is 0 Å². The second-order valence-corrected chi connectivity index (χ2v) is 2.80. The minimum absolute atomic E-state index is 0. The fourth-order valence-corrected chi connectivity index (χ4v) is 0.898. The number of nitrogens with two attached hydrogens (primary N) is 2. The van der Waals surface area contributed by atoms with Gasteiger partial charge in [0.05, 0.1) is 6.54 Å². The summed E-state index contributed by atoms with van der Waals surface area (Å²) in [5.41, 5.74) is 11.4. The minimum Gasteiger partial charge on any atom is -0.370 e. The van der Waals surface area contributed by atoms with Crippen molar-refractivity contribution in [2.45, 2.75) is 6.54 Å². The van der Waals surface area contributed by atoms with Gasteiger partial charge in [-0.2, -0.15) is 0 Å². The zero-order chi connectivity index (χ0) is 8.97. The minimum atomic E-state index is 0. The van der Waals surface area contributed by atoms with Crippen molar-refractivity contribution in [2.75, 3.05) is 0 Å². The standard InChI is InChI=1S/C8H10ClN3.ClH/c9-7-3-1-6(2-4-7)5-12-8(10)11;/h1-4H,5H2,(H4,10,11,12);1H. The molecular weight excluding hydrogens is 209 g/mol. The second-order valence-electron chi connectivity index (χ2n) is 2.37. The maximum Gasteiger partial charge on any atom is 0.186 e. The SMILES string of the molecule is Cl.NC(N)=NCc1ccc(Cl)cc1. The molecular formula is C8H11Cl2N3. The van der Waals surface area contributed by atoms with Crippen molar-refractivity contribution in [1.82, 2.24) is 0 Å². The van der Waals surface area contributed by atoms with Gasteiger partial charge in [-0.05, 0) is 17.7 Å². The Labute approximate surface area is 88.2 Å². The van der Waals surface area contributed by atoms with Crippen LogP contribution in [0.25, 0.3) is 0 Å². The van der Waals surface area contributed by atoms with E-state index in [-0.39, 0.29) is 18.4 Å². The Morgan fingerprint density at radius 3 is 2.23 bits per heavy atom. The molecule has 0 atom stereocenters. The monoisotopic (exact) mass is 219 g/mol. The largest absolute Gasteiger partial charge is 0.370 e. The molecule has 13 heavy (non-hydrogen) atoms. The normalized spacial score (nSPS) is 8.69. The van der Waals surface area contributed by atoms with Crippen LogP contribution in [0.5, 0.6) is 0 Å². The molecule has 4 N–H and O–H groups in total. The van der Waals surface area contributed by atoms with Crippen LogP contribution in [0, 0.1) is 0 Å². The molecule has 0 unspecified atom stereocenters. The maximum absolute atomic E-state index is 5.69. The maximum atomic E-state index is 5.69. The third-order valence-corrected chi connectivity index (χ3v) is 1.61. The van der Waals surface area contributed by atoms with E-state index >= 15 is 0 Å². The fourth-order valence-electron chi connectivity index (χ4n) is 0.772. The van der Waals surface area contributed by atoms with Crippen molar-refractivity contribution in [2.24, 2.45) is 16.5 Å². The number of guanidine groups is 1. The summed E-state index contributed by atoms with van der Waals surface area (Å²) < 4.78 is 0. The summed E-state index contributed by atoms with van der Waals surface area (Å²) >= 11 is 5.69. The first kappa shape index (κ1) is 12.1. The number of nitrogens with zero attached hydrogens (tertiary/aromatic N) is 1. The van der Waals surface area contributed by atoms with E-state index in [0.717, 1.165) is 5.56 Å². The predicted octanol–water partition coefficient (Wildman–Crippen LogP) is 1.54. The number of aliphatic imine (C=N–C) groups is 1. The van der Waals surface area contributed by atoms with Gasteiger partial charge in [0.15, 0.2) is 5.96 Å². The van der Waals surface area contributed by atoms with E-state index in [1.807, 2.05) is 12.1 Å². The van der Waals surface area contributed by atoms with Gasteiger partial charge in [0.25, 0.3) is 0 Å². The molecule has 0 aliphatic carbocycles. The first-order valence-corrected chi connectivity index (χ1v) is 3.86. The van der Waals surface area contributed by atoms with E-state index in [1.165, 1.54) is 0 Å². The van der Waals surface area contributed by atoms with Crippen molar-refractivity contribution in [3.8, 4) is 0 Å². The molecule has 0 radical (unpaired) electrons. The van der Waals surface area contributed by atoms with Crippen molar-refractivity contribution < 1.29 is 0 Å². The Bertz CT molecular complexity index is 278. The molecule has 0 saturated carbocycles. The predicted molar refractivity (Wildman–Crippen MR) is 58.2 cm³/mol. The van der Waals surface area contributed by atoms with Crippen molar-refractivity contribution in [3.63, 3.8) is 0 Å². The molecule has 0 fully saturated rings. The summed E-state index contributed by atoms with van der Waals surface area (Å²) in [6.07, 6.45) is 0. The third-order valence-electron chi connectivity index (χ3n) is 1.36. The van der Waals surface area contributed by atoms with Crippen LogP contribution in [0.4, 0.5) is 0 Å². The number of halogens is 2. The highest BCUT2D eigenvalue weighted by Gasteiger charge is 1.90. The van der Waals surface area contributed by atoms with Gasteiger partial charge in [-0.3, -0.25) is 0 Å². The molecule has 0 aliphatic heterocycles. The summed E-state index contributed by atoms with van der Waals surface area (Å²) in [6.45, 7) is 0.500. The fraction of sp³-hybridized carbons (Fsp3) is 0.125. The van der Waals surface area contributed by atoms with Crippen LogP contribution in [0.15, 0.2) is 29.3 Å². The number of benzene rings is 1. The van der Waals surface area contributed by atoms with E-state index in [0.29, 0.717) is 11.6 Å². The Morgan fingerprint density at radius 1 is 1.23 bits per heavy atom. The molecule has 3 nitrogen and oxygen atoms in total. The van der Waals surface area contributed by atoms with Crippen LogP contribution in [-0.2, 0) is 6.54 Å². The molecule has 5 heteroatoms. The zero-order valence-electron chi connectivity index (χ0n) is 6.90. The van der Waals surface area contributed by atoms with E-state index < -0.39 is 0 Å². The molecule has 0 heterocycles. The molecule has 0 aliphatic rings. The number of hydrogen-bond donors (Lipinski definition) is 2. The third kappa shape index (κ3) is 4.60. The van der Waals surface area contributed by atoms with Gasteiger partial charge in [0.2, 0.25) is 0 Å². The van der Waals surface area contributed by atoms with Gasteiger partial charge in [-0.25, -0.2) is 4.99 Å². The van der Waals surface area contributed by atoms with Gasteiger partial charge in [0, 0.05) is 5.02 Å². The average Bonchev–Trinajstić information content (AvgIpc) is 2.03. The first-order valence-electron chi connectivity index (χ1n) is 3.48. The molecule has 72 valence electrons. The molecule has 1 aromatic carbocycles. The summed E-state index contributed by atoms with van der Waals surface area (Å²) in [7, 11) is 0. The Kier molecular flexibility index (Phi) is 5.26. The van der Waals surface area contributed by atoms with E-state index in [2.05, 4.69) is 4.99 Å². The highest BCUT2D eigenvalue weighted by atomic mass is 35.5. The zero-order valence-corrected chi connectivity index (χ0v) is 8.48. The molecule has 1 rings (SSSR count). The van der Waals surface area contributed by atoms with Crippen LogP contribution < -0.4 is 11.5 Å². The van der Waals surface area contributed by atoms with Gasteiger partial charge in [-0.15, -0.1) is 12.4 Å². The average molecular weight is 220 g/mol. The van der Waals surface area contributed by atoms with Crippen molar-refractivity contribution >= 4 is 30.0 Å². The Balaban J connectivity index is 0.00000144.